The van der Waals surface area contributed by atoms with Gasteiger partial charge in [0, 0.05) is 51.1 Å². The highest BCUT2D eigenvalue weighted by Crippen LogP contribution is 2.36. The van der Waals surface area contributed by atoms with Gasteiger partial charge in [0.05, 0.1) is 24.4 Å². The number of hydrogen-bond acceptors (Lipinski definition) is 5. The molecule has 0 saturated carbocycles. The molecule has 1 atom stereocenters. The van der Waals surface area contributed by atoms with Gasteiger partial charge < -0.3 is 14.5 Å². The number of aromatic nitrogens is 3. The minimum atomic E-state index is -0.215. The number of rotatable bonds is 9. The molecule has 2 aromatic carbocycles. The van der Waals surface area contributed by atoms with Gasteiger partial charge in [0.1, 0.15) is 5.75 Å². The number of halogens is 2. The van der Waals surface area contributed by atoms with E-state index in [1.807, 2.05) is 65.5 Å². The number of nitrogens with zero attached hydrogens (tertiary/aromatic N) is 4. The molecule has 37 heavy (non-hydrogen) atoms. The minimum Gasteiger partial charge on any atom is -0.493 e. The van der Waals surface area contributed by atoms with E-state index in [9.17, 15) is 4.79 Å². The van der Waals surface area contributed by atoms with Crippen molar-refractivity contribution in [3.05, 3.63) is 75.7 Å². The molecule has 4 aromatic rings. The zero-order valence-corrected chi connectivity index (χ0v) is 23.2. The molecule has 0 aliphatic heterocycles. The predicted octanol–water partition coefficient (Wildman–Crippen LogP) is 6.40. The lowest BCUT2D eigenvalue weighted by atomic mass is 9.99. The summed E-state index contributed by atoms with van der Waals surface area (Å²) in [5.41, 5.74) is 4.90. The molecule has 7 nitrogen and oxygen atoms in total. The molecule has 4 rings (SSSR count). The van der Waals surface area contributed by atoms with Gasteiger partial charge in [-0.2, -0.15) is 5.10 Å². The number of H-pyrrole nitrogens is 1. The summed E-state index contributed by atoms with van der Waals surface area (Å²) in [6, 6.07) is 10.6. The highest BCUT2D eigenvalue weighted by atomic mass is 35.5. The number of aryl methyl sites for hydroxylation is 1. The molecule has 2 heterocycles. The Kier molecular flexibility index (Phi) is 8.37. The Hall–Kier alpha value is -3.13. The van der Waals surface area contributed by atoms with Crippen molar-refractivity contribution in [3.8, 4) is 16.9 Å². The maximum atomic E-state index is 13.8. The van der Waals surface area contributed by atoms with E-state index in [1.54, 1.807) is 23.2 Å². The van der Waals surface area contributed by atoms with E-state index in [-0.39, 0.29) is 11.9 Å². The Labute approximate surface area is 227 Å². The lowest BCUT2D eigenvalue weighted by Crippen LogP contribution is -2.33. The first-order chi connectivity index (χ1) is 17.7. The van der Waals surface area contributed by atoms with E-state index < -0.39 is 0 Å². The van der Waals surface area contributed by atoms with Gasteiger partial charge >= 0.3 is 0 Å². The number of amides is 1. The number of nitrogens with one attached hydrogen (secondary N) is 1. The SMILES string of the molecule is CCOc1cc(C(=O)N(C)[C@H](CCN(C)C)c2cnc(C)c3cn[nH]c23)ccc1-c1cc(Cl)cc(Cl)c1. The summed E-state index contributed by atoms with van der Waals surface area (Å²) in [6.45, 7) is 5.11. The molecule has 0 aliphatic rings. The topological polar surface area (TPSA) is 74.3 Å². The summed E-state index contributed by atoms with van der Waals surface area (Å²) in [5.74, 6) is 0.478. The third kappa shape index (κ3) is 5.90. The van der Waals surface area contributed by atoms with Crippen LogP contribution >= 0.6 is 23.2 Å². The van der Waals surface area contributed by atoms with Crippen LogP contribution < -0.4 is 4.74 Å². The van der Waals surface area contributed by atoms with Gasteiger partial charge in [-0.1, -0.05) is 23.2 Å². The smallest absolute Gasteiger partial charge is 0.254 e. The normalized spacial score (nSPS) is 12.2. The predicted molar refractivity (Wildman–Crippen MR) is 150 cm³/mol. The molecule has 0 saturated heterocycles. The fourth-order valence-electron chi connectivity index (χ4n) is 4.50. The molecule has 2 aromatic heterocycles. The van der Waals surface area contributed by atoms with Crippen LogP contribution in [-0.2, 0) is 0 Å². The molecule has 0 spiro atoms. The first kappa shape index (κ1) is 26.9. The minimum absolute atomic E-state index is 0.117. The van der Waals surface area contributed by atoms with Gasteiger partial charge in [-0.15, -0.1) is 0 Å². The van der Waals surface area contributed by atoms with Crippen molar-refractivity contribution in [2.75, 3.05) is 34.3 Å². The first-order valence-electron chi connectivity index (χ1n) is 12.1. The van der Waals surface area contributed by atoms with E-state index in [0.717, 1.165) is 46.3 Å². The molecular formula is C28H31Cl2N5O2. The molecule has 9 heteroatoms. The number of benzene rings is 2. The van der Waals surface area contributed by atoms with Crippen LogP contribution in [0.3, 0.4) is 0 Å². The second kappa shape index (κ2) is 11.5. The second-order valence-electron chi connectivity index (χ2n) is 9.28. The zero-order chi connectivity index (χ0) is 26.7. The van der Waals surface area contributed by atoms with Gasteiger partial charge in [-0.25, -0.2) is 0 Å². The Balaban J connectivity index is 1.72. The number of fused-ring (bicyclic) bond motifs is 1. The molecule has 0 radical (unpaired) electrons. The Bertz CT molecular complexity index is 1400. The van der Waals surface area contributed by atoms with Crippen LogP contribution in [0.5, 0.6) is 5.75 Å². The van der Waals surface area contributed by atoms with Crippen LogP contribution in [0.15, 0.2) is 48.8 Å². The van der Waals surface area contributed by atoms with Crippen molar-refractivity contribution in [1.82, 2.24) is 25.0 Å². The first-order valence-corrected chi connectivity index (χ1v) is 12.9. The Morgan fingerprint density at radius 3 is 2.49 bits per heavy atom. The number of aromatic amines is 1. The number of hydrogen-bond donors (Lipinski definition) is 1. The van der Waals surface area contributed by atoms with Gasteiger partial charge in [0.2, 0.25) is 0 Å². The molecule has 1 N–H and O–H groups in total. The van der Waals surface area contributed by atoms with E-state index in [0.29, 0.717) is 28.0 Å². The van der Waals surface area contributed by atoms with Gasteiger partial charge in [-0.3, -0.25) is 14.9 Å². The number of pyridine rings is 1. The quantitative estimate of drug-likeness (QED) is 0.266. The van der Waals surface area contributed by atoms with Crippen LogP contribution in [0.2, 0.25) is 10.0 Å². The number of carbonyl (C=O) groups excluding carboxylic acids is 1. The summed E-state index contributed by atoms with van der Waals surface area (Å²) < 4.78 is 5.94. The lowest BCUT2D eigenvalue weighted by molar-refractivity contribution is 0.0716. The summed E-state index contributed by atoms with van der Waals surface area (Å²) in [4.78, 5) is 22.3. The summed E-state index contributed by atoms with van der Waals surface area (Å²) in [7, 11) is 5.87. The van der Waals surface area contributed by atoms with Crippen molar-refractivity contribution >= 4 is 40.0 Å². The van der Waals surface area contributed by atoms with Gasteiger partial charge in [0.15, 0.2) is 0 Å². The molecule has 0 aliphatic carbocycles. The molecule has 0 bridgehead atoms. The Morgan fingerprint density at radius 2 is 1.81 bits per heavy atom. The number of carbonyl (C=O) groups is 1. The fraction of sp³-hybridized carbons (Fsp3) is 0.321. The van der Waals surface area contributed by atoms with E-state index in [2.05, 4.69) is 20.1 Å². The largest absolute Gasteiger partial charge is 0.493 e. The molecule has 0 unspecified atom stereocenters. The molecule has 1 amide bonds. The van der Waals surface area contributed by atoms with Crippen molar-refractivity contribution in [1.29, 1.82) is 0 Å². The molecular weight excluding hydrogens is 509 g/mol. The summed E-state index contributed by atoms with van der Waals surface area (Å²) in [6.07, 6.45) is 4.35. The Morgan fingerprint density at radius 1 is 1.08 bits per heavy atom. The van der Waals surface area contributed by atoms with Crippen molar-refractivity contribution < 1.29 is 9.53 Å². The van der Waals surface area contributed by atoms with E-state index in [4.69, 9.17) is 27.9 Å². The maximum absolute atomic E-state index is 13.8. The highest BCUT2D eigenvalue weighted by molar-refractivity contribution is 6.35. The van der Waals surface area contributed by atoms with Crippen molar-refractivity contribution in [2.45, 2.75) is 26.3 Å². The lowest BCUT2D eigenvalue weighted by Gasteiger charge is -2.30. The highest BCUT2D eigenvalue weighted by Gasteiger charge is 2.26. The monoisotopic (exact) mass is 539 g/mol. The van der Waals surface area contributed by atoms with Crippen LogP contribution in [0.4, 0.5) is 0 Å². The third-order valence-electron chi connectivity index (χ3n) is 6.41. The van der Waals surface area contributed by atoms with Crippen LogP contribution in [0.1, 0.15) is 41.0 Å². The second-order valence-corrected chi connectivity index (χ2v) is 10.2. The van der Waals surface area contributed by atoms with Crippen LogP contribution in [0, 0.1) is 6.92 Å². The average Bonchev–Trinajstić information content (AvgIpc) is 3.35. The van der Waals surface area contributed by atoms with Crippen molar-refractivity contribution in [2.24, 2.45) is 0 Å². The zero-order valence-electron chi connectivity index (χ0n) is 21.7. The molecule has 194 valence electrons. The van der Waals surface area contributed by atoms with E-state index >= 15 is 0 Å². The molecule has 0 fully saturated rings. The van der Waals surface area contributed by atoms with Crippen molar-refractivity contribution in [3.63, 3.8) is 0 Å². The number of ether oxygens (including phenoxy) is 1. The average molecular weight is 540 g/mol. The van der Waals surface area contributed by atoms with Crippen LogP contribution in [-0.4, -0.2) is 65.2 Å². The van der Waals surface area contributed by atoms with Gasteiger partial charge in [-0.05, 0) is 82.9 Å². The van der Waals surface area contributed by atoms with Crippen LogP contribution in [0.25, 0.3) is 22.0 Å². The summed E-state index contributed by atoms with van der Waals surface area (Å²) in [5, 5.41) is 9.36. The fourth-order valence-corrected chi connectivity index (χ4v) is 5.02. The van der Waals surface area contributed by atoms with E-state index in [1.165, 1.54) is 0 Å². The maximum Gasteiger partial charge on any atom is 0.254 e. The third-order valence-corrected chi connectivity index (χ3v) is 6.85. The van der Waals surface area contributed by atoms with Gasteiger partial charge in [0.25, 0.3) is 5.91 Å². The standard InChI is InChI=1S/C28H31Cl2N5O2/c1-6-37-26-13-18(7-8-22(26)19-11-20(29)14-21(30)12-19)28(36)35(5)25(9-10-34(3)4)24-15-31-17(2)23-16-32-33-27(23)24/h7-8,11-16,25H,6,9-10H2,1-5H3,(H,32,33)/t25-/m1/s1. The summed E-state index contributed by atoms with van der Waals surface area (Å²) >= 11 is 12.5.